The van der Waals surface area contributed by atoms with Crippen LogP contribution in [0.25, 0.3) is 22.3 Å². The average molecular weight is 496 g/mol. The van der Waals surface area contributed by atoms with Crippen molar-refractivity contribution >= 4 is 22.8 Å². The lowest BCUT2D eigenvalue weighted by Crippen LogP contribution is -2.41. The summed E-state index contributed by atoms with van der Waals surface area (Å²) in [4.78, 5) is 38.7. The van der Waals surface area contributed by atoms with Gasteiger partial charge >= 0.3 is 0 Å². The van der Waals surface area contributed by atoms with Crippen LogP contribution >= 0.6 is 0 Å². The summed E-state index contributed by atoms with van der Waals surface area (Å²) in [7, 11) is 0. The number of hydrogen-bond acceptors (Lipinski definition) is 6. The van der Waals surface area contributed by atoms with E-state index in [2.05, 4.69) is 20.3 Å². The third-order valence-corrected chi connectivity index (χ3v) is 7.12. The van der Waals surface area contributed by atoms with E-state index in [4.69, 9.17) is 9.84 Å². The number of carbonyl (C=O) groups excluding carboxylic acids is 2. The minimum Gasteiger partial charge on any atom is -0.492 e. The second kappa shape index (κ2) is 9.50. The van der Waals surface area contributed by atoms with Gasteiger partial charge < -0.3 is 25.0 Å². The standard InChI is InChI=1S/C26H30FN5O4/c1-13-4-7-18(36-11-16-5-6-16)21(22(13)27)24-25-23(28-12-29-24)20(15(3)30-25)26(35)31-17-9-32(8-14(17)2)19(34)10-33/h4,7,12,14,16-17,30,33H,5-6,8-11H2,1-3H3,(H,31,35)/t14-,17+/m0/s1. The van der Waals surface area contributed by atoms with Crippen LogP contribution in [0.5, 0.6) is 5.75 Å². The molecular weight excluding hydrogens is 465 g/mol. The Hall–Kier alpha value is -3.53. The van der Waals surface area contributed by atoms with E-state index >= 15 is 4.39 Å². The number of hydrogen-bond donors (Lipinski definition) is 3. The summed E-state index contributed by atoms with van der Waals surface area (Å²) in [5.41, 5.74) is 2.82. The van der Waals surface area contributed by atoms with Gasteiger partial charge in [-0.3, -0.25) is 9.59 Å². The van der Waals surface area contributed by atoms with E-state index in [1.807, 2.05) is 6.92 Å². The molecule has 36 heavy (non-hydrogen) atoms. The van der Waals surface area contributed by atoms with Crippen molar-refractivity contribution in [3.63, 3.8) is 0 Å². The number of H-pyrrole nitrogens is 1. The molecule has 2 aliphatic rings. The summed E-state index contributed by atoms with van der Waals surface area (Å²) in [6.45, 7) is 6.14. The molecule has 190 valence electrons. The zero-order valence-electron chi connectivity index (χ0n) is 20.6. The Balaban J connectivity index is 1.49. The smallest absolute Gasteiger partial charge is 0.255 e. The van der Waals surface area contributed by atoms with Crippen molar-refractivity contribution in [2.75, 3.05) is 26.3 Å². The third kappa shape index (κ3) is 4.41. The van der Waals surface area contributed by atoms with Crippen molar-refractivity contribution in [3.8, 4) is 17.0 Å². The van der Waals surface area contributed by atoms with Crippen LogP contribution in [0.1, 0.15) is 41.4 Å². The fraction of sp³-hybridized carbons (Fsp3) is 0.462. The molecule has 2 aromatic heterocycles. The van der Waals surface area contributed by atoms with Crippen molar-refractivity contribution in [2.45, 2.75) is 39.7 Å². The van der Waals surface area contributed by atoms with Crippen molar-refractivity contribution in [1.29, 1.82) is 0 Å². The maximum absolute atomic E-state index is 15.4. The first-order valence-electron chi connectivity index (χ1n) is 12.2. The van der Waals surface area contributed by atoms with Gasteiger partial charge in [-0.25, -0.2) is 14.4 Å². The maximum atomic E-state index is 15.4. The quantitative estimate of drug-likeness (QED) is 0.464. The molecular formula is C26H30FN5O4. The van der Waals surface area contributed by atoms with Gasteiger partial charge in [-0.05, 0) is 50.2 Å². The number of aromatic nitrogens is 3. The third-order valence-electron chi connectivity index (χ3n) is 7.12. The molecule has 1 saturated heterocycles. The fourth-order valence-corrected chi connectivity index (χ4v) is 4.78. The Morgan fingerprint density at radius 1 is 1.25 bits per heavy atom. The number of rotatable bonds is 7. The Kier molecular flexibility index (Phi) is 6.38. The van der Waals surface area contributed by atoms with Gasteiger partial charge in [0.05, 0.1) is 29.3 Å². The molecule has 1 aliphatic carbocycles. The number of aliphatic hydroxyl groups is 1. The van der Waals surface area contributed by atoms with E-state index in [0.29, 0.717) is 64.9 Å². The van der Waals surface area contributed by atoms with Gasteiger partial charge in [0.1, 0.15) is 35.7 Å². The number of aliphatic hydroxyl groups excluding tert-OH is 1. The summed E-state index contributed by atoms with van der Waals surface area (Å²) in [5, 5.41) is 12.2. The normalized spacial score (nSPS) is 19.6. The van der Waals surface area contributed by atoms with E-state index in [1.165, 1.54) is 6.33 Å². The molecule has 1 saturated carbocycles. The zero-order chi connectivity index (χ0) is 25.6. The van der Waals surface area contributed by atoms with Gasteiger partial charge in [0, 0.05) is 18.8 Å². The summed E-state index contributed by atoms with van der Waals surface area (Å²) in [6, 6.07) is 3.18. The summed E-state index contributed by atoms with van der Waals surface area (Å²) >= 11 is 0. The highest BCUT2D eigenvalue weighted by Gasteiger charge is 2.34. The molecule has 2 fully saturated rings. The van der Waals surface area contributed by atoms with Crippen LogP contribution in [0.4, 0.5) is 4.39 Å². The summed E-state index contributed by atoms with van der Waals surface area (Å²) in [6.07, 6.45) is 3.55. The Morgan fingerprint density at radius 2 is 2.03 bits per heavy atom. The number of amides is 2. The Bertz CT molecular complexity index is 1340. The summed E-state index contributed by atoms with van der Waals surface area (Å²) in [5.74, 6) is -0.191. The monoisotopic (exact) mass is 495 g/mol. The highest BCUT2D eigenvalue weighted by molar-refractivity contribution is 6.09. The van der Waals surface area contributed by atoms with Gasteiger partial charge in [0.15, 0.2) is 0 Å². The van der Waals surface area contributed by atoms with Crippen molar-refractivity contribution in [2.24, 2.45) is 11.8 Å². The number of halogens is 1. The molecule has 0 radical (unpaired) electrons. The Morgan fingerprint density at radius 3 is 2.75 bits per heavy atom. The van der Waals surface area contributed by atoms with Crippen molar-refractivity contribution < 1.29 is 23.8 Å². The molecule has 0 spiro atoms. The van der Waals surface area contributed by atoms with Crippen LogP contribution in [0, 0.1) is 31.5 Å². The number of aromatic amines is 1. The highest BCUT2D eigenvalue weighted by Crippen LogP contribution is 2.39. The first kappa shape index (κ1) is 24.2. The summed E-state index contributed by atoms with van der Waals surface area (Å²) < 4.78 is 21.4. The average Bonchev–Trinajstić information content (AvgIpc) is 3.53. The molecule has 3 aromatic rings. The number of likely N-dealkylation sites (tertiary alicyclic amines) is 1. The van der Waals surface area contributed by atoms with Crippen molar-refractivity contribution in [3.05, 3.63) is 41.1 Å². The maximum Gasteiger partial charge on any atom is 0.255 e. The van der Waals surface area contributed by atoms with E-state index < -0.39 is 12.4 Å². The van der Waals surface area contributed by atoms with Gasteiger partial charge in [-0.15, -0.1) is 0 Å². The first-order valence-corrected chi connectivity index (χ1v) is 12.2. The zero-order valence-corrected chi connectivity index (χ0v) is 20.6. The number of fused-ring (bicyclic) bond motifs is 1. The second-order valence-corrected chi connectivity index (χ2v) is 9.91. The van der Waals surface area contributed by atoms with Gasteiger partial charge in [-0.1, -0.05) is 13.0 Å². The molecule has 0 bridgehead atoms. The lowest BCUT2D eigenvalue weighted by Gasteiger charge is -2.17. The molecule has 10 heteroatoms. The number of nitrogens with one attached hydrogen (secondary N) is 2. The first-order chi connectivity index (χ1) is 17.3. The minimum absolute atomic E-state index is 0.0210. The molecule has 1 aromatic carbocycles. The number of benzene rings is 1. The van der Waals surface area contributed by atoms with Crippen LogP contribution < -0.4 is 10.1 Å². The minimum atomic E-state index is -0.559. The number of ether oxygens (including phenoxy) is 1. The predicted molar refractivity (Wildman–Crippen MR) is 131 cm³/mol. The Labute approximate surface area is 208 Å². The number of aryl methyl sites for hydroxylation is 2. The predicted octanol–water partition coefficient (Wildman–Crippen LogP) is 2.74. The van der Waals surface area contributed by atoms with Crippen LogP contribution in [-0.2, 0) is 4.79 Å². The SMILES string of the molecule is Cc1ccc(OCC2CC2)c(-c2ncnc3c(C(=O)N[C@@H]4CN(C(=O)CO)C[C@@H]4C)c(C)[nH]c23)c1F. The molecule has 3 N–H and O–H groups in total. The van der Waals surface area contributed by atoms with E-state index in [-0.39, 0.29) is 29.3 Å². The number of carbonyl (C=O) groups is 2. The van der Waals surface area contributed by atoms with E-state index in [1.54, 1.807) is 30.9 Å². The van der Waals surface area contributed by atoms with Gasteiger partial charge in [0.2, 0.25) is 5.91 Å². The molecule has 3 heterocycles. The second-order valence-electron chi connectivity index (χ2n) is 9.91. The van der Waals surface area contributed by atoms with Crippen LogP contribution in [0.15, 0.2) is 18.5 Å². The lowest BCUT2D eigenvalue weighted by atomic mass is 10.0. The fourth-order valence-electron chi connectivity index (χ4n) is 4.78. The lowest BCUT2D eigenvalue weighted by molar-refractivity contribution is -0.133. The van der Waals surface area contributed by atoms with E-state index in [0.717, 1.165) is 12.8 Å². The van der Waals surface area contributed by atoms with Gasteiger partial charge in [-0.2, -0.15) is 0 Å². The molecule has 2 amide bonds. The molecule has 0 unspecified atom stereocenters. The molecule has 2 atom stereocenters. The van der Waals surface area contributed by atoms with Crippen LogP contribution in [0.3, 0.4) is 0 Å². The molecule has 1 aliphatic heterocycles. The largest absolute Gasteiger partial charge is 0.492 e. The van der Waals surface area contributed by atoms with Gasteiger partial charge in [0.25, 0.3) is 5.91 Å². The number of nitrogens with zero attached hydrogens (tertiary/aromatic N) is 3. The molecule has 9 nitrogen and oxygen atoms in total. The highest BCUT2D eigenvalue weighted by atomic mass is 19.1. The molecule has 5 rings (SSSR count). The van der Waals surface area contributed by atoms with Crippen LogP contribution in [0.2, 0.25) is 0 Å². The van der Waals surface area contributed by atoms with Crippen LogP contribution in [-0.4, -0.2) is 69.1 Å². The topological polar surface area (TPSA) is 120 Å². The van der Waals surface area contributed by atoms with Crippen molar-refractivity contribution in [1.82, 2.24) is 25.2 Å². The van der Waals surface area contributed by atoms with E-state index in [9.17, 15) is 9.59 Å².